The summed E-state index contributed by atoms with van der Waals surface area (Å²) in [5.74, 6) is -5.38. The number of esters is 2. The zero-order valence-electron chi connectivity index (χ0n) is 46.1. The van der Waals surface area contributed by atoms with Gasteiger partial charge in [-0.1, -0.05) is 108 Å². The van der Waals surface area contributed by atoms with Gasteiger partial charge < -0.3 is 64.2 Å². The summed E-state index contributed by atoms with van der Waals surface area (Å²) in [6, 6.07) is 0. The summed E-state index contributed by atoms with van der Waals surface area (Å²) >= 11 is 0. The second-order valence-electron chi connectivity index (χ2n) is 21.4. The number of carbonyl (C=O) groups excluding carboxylic acids is 3. The van der Waals surface area contributed by atoms with Crippen molar-refractivity contribution in [3.05, 3.63) is 71.4 Å². The summed E-state index contributed by atoms with van der Waals surface area (Å²) in [7, 11) is 4.57. The fraction of sp³-hybridized carbons (Fsp3) is 0.719. The van der Waals surface area contributed by atoms with Crippen LogP contribution in [-0.2, 0) is 42.9 Å². The molecule has 7 N–H and O–H groups in total. The molecule has 2 rings (SSSR count). The van der Waals surface area contributed by atoms with E-state index in [-0.39, 0.29) is 54.6 Å². The number of carboxylic acids is 1. The molecule has 0 bridgehead atoms. The summed E-state index contributed by atoms with van der Waals surface area (Å²) in [5.41, 5.74) is 0.384. The predicted molar refractivity (Wildman–Crippen MR) is 279 cm³/mol. The van der Waals surface area contributed by atoms with Gasteiger partial charge in [0.2, 0.25) is 0 Å². The molecule has 2 saturated heterocycles. The lowest BCUT2D eigenvalue weighted by Crippen LogP contribution is -2.62. The average molecular weight is 1030 g/mol. The fourth-order valence-electron chi connectivity index (χ4n) is 10.6. The molecule has 0 radical (unpaired) electrons. The number of aliphatic hydroxyl groups excluding tert-OH is 5. The van der Waals surface area contributed by atoms with E-state index in [0.29, 0.717) is 37.7 Å². The largest absolute Gasteiger partial charge is 0.478 e. The zero-order chi connectivity index (χ0) is 55.5. The molecule has 0 saturated carbocycles. The molecule has 0 amide bonds. The highest BCUT2D eigenvalue weighted by atomic mass is 16.6. The van der Waals surface area contributed by atoms with Gasteiger partial charge in [-0.05, 0) is 71.3 Å². The van der Waals surface area contributed by atoms with E-state index in [1.54, 1.807) is 52.2 Å². The molecule has 16 heteroatoms. The Bertz CT molecular complexity index is 1940. The van der Waals surface area contributed by atoms with Gasteiger partial charge >= 0.3 is 17.9 Å². The van der Waals surface area contributed by atoms with Crippen molar-refractivity contribution in [2.45, 2.75) is 194 Å². The van der Waals surface area contributed by atoms with Crippen LogP contribution >= 0.6 is 0 Å². The van der Waals surface area contributed by atoms with Gasteiger partial charge in [0.1, 0.15) is 23.6 Å². The SMILES string of the molecule is COC(CC(O)CCC(C)=CC(C)C1CC(C(C)CCC(C)=O)C(O)C(=O)O1)CC(OC)C(C)C1(O)CC(C(C)C=C(C)C=C(C)C(O)C(C)C(O)C(C)C(OC)C(C)C=CC=CC=CC(=O)O)OC(=O)C1O. The lowest BCUT2D eigenvalue weighted by atomic mass is 9.72. The molecule has 0 aromatic carbocycles. The molecule has 416 valence electrons. The van der Waals surface area contributed by atoms with Gasteiger partial charge in [0.05, 0.1) is 36.6 Å². The van der Waals surface area contributed by atoms with Crippen LogP contribution in [0.25, 0.3) is 0 Å². The van der Waals surface area contributed by atoms with E-state index in [1.807, 2.05) is 66.7 Å². The molecule has 2 aliphatic heterocycles. The highest BCUT2D eigenvalue weighted by molar-refractivity contribution is 5.80. The van der Waals surface area contributed by atoms with Gasteiger partial charge in [0.25, 0.3) is 0 Å². The number of hydrogen-bond acceptors (Lipinski definition) is 15. The molecular weight excluding hydrogens is 941 g/mol. The van der Waals surface area contributed by atoms with E-state index < -0.39 is 102 Å². The molecule has 19 atom stereocenters. The van der Waals surface area contributed by atoms with Crippen molar-refractivity contribution < 1.29 is 78.6 Å². The average Bonchev–Trinajstić information content (AvgIpc) is 3.33. The third-order valence-corrected chi connectivity index (χ3v) is 15.5. The quantitative estimate of drug-likeness (QED) is 0.0163. The van der Waals surface area contributed by atoms with E-state index >= 15 is 0 Å². The first kappa shape index (κ1) is 65.3. The van der Waals surface area contributed by atoms with E-state index in [1.165, 1.54) is 27.2 Å². The van der Waals surface area contributed by atoms with Crippen molar-refractivity contribution in [2.75, 3.05) is 21.3 Å². The number of methoxy groups -OCH3 is 3. The first-order chi connectivity index (χ1) is 34.1. The van der Waals surface area contributed by atoms with Crippen molar-refractivity contribution in [3.63, 3.8) is 0 Å². The van der Waals surface area contributed by atoms with E-state index in [2.05, 4.69) is 0 Å². The van der Waals surface area contributed by atoms with Crippen molar-refractivity contribution in [1.82, 2.24) is 0 Å². The number of carboxylic acid groups (broad SMARTS) is 1. The summed E-state index contributed by atoms with van der Waals surface area (Å²) in [6.45, 7) is 20.1. The highest BCUT2D eigenvalue weighted by Gasteiger charge is 2.54. The molecular formula is C57H92O16. The summed E-state index contributed by atoms with van der Waals surface area (Å²) in [5, 5.41) is 76.7. The standard InChI is InChI=1S/C57H92O16/c1-32(25-36(5)46-30-45(52(64)55(66)72-46)34(3)22-23-39(8)58)21-24-43(59)28-44(69-12)29-47(70-13)42(11)57(68)31-48(73-56(67)54(57)65)37(6)26-33(2)27-38(7)50(62)40(9)51(63)41(10)53(71-14)35(4)19-17-15-16-18-20-49(60)61/h15-20,25-27,34-37,40-48,50-54,59,62-65,68H,21-24,28-31H2,1-14H3,(H,60,61). The Morgan fingerprint density at radius 3 is 1.97 bits per heavy atom. The van der Waals surface area contributed by atoms with Gasteiger partial charge in [0, 0.05) is 88.1 Å². The molecule has 0 aromatic rings. The van der Waals surface area contributed by atoms with E-state index in [9.17, 15) is 49.8 Å². The second-order valence-corrected chi connectivity index (χ2v) is 21.4. The van der Waals surface area contributed by atoms with Crippen LogP contribution < -0.4 is 0 Å². The highest BCUT2D eigenvalue weighted by Crippen LogP contribution is 2.40. The van der Waals surface area contributed by atoms with Crippen molar-refractivity contribution >= 4 is 23.7 Å². The molecule has 73 heavy (non-hydrogen) atoms. The third kappa shape index (κ3) is 20.0. The predicted octanol–water partition coefficient (Wildman–Crippen LogP) is 6.79. The minimum atomic E-state index is -1.95. The Hall–Kier alpha value is -3.84. The maximum atomic E-state index is 13.2. The first-order valence-corrected chi connectivity index (χ1v) is 26.0. The lowest BCUT2D eigenvalue weighted by molar-refractivity contribution is -0.221. The Balaban J connectivity index is 2.09. The topological polar surface area (TPSA) is 256 Å². The van der Waals surface area contributed by atoms with Crippen LogP contribution in [0.1, 0.15) is 128 Å². The molecule has 19 unspecified atom stereocenters. The summed E-state index contributed by atoms with van der Waals surface area (Å²) in [4.78, 5) is 48.1. The van der Waals surface area contributed by atoms with Gasteiger partial charge in [-0.15, -0.1) is 0 Å². The van der Waals surface area contributed by atoms with Crippen LogP contribution in [0.2, 0.25) is 0 Å². The van der Waals surface area contributed by atoms with Crippen LogP contribution in [0, 0.1) is 47.3 Å². The number of carbonyl (C=O) groups is 4. The number of hydrogen-bond donors (Lipinski definition) is 7. The third-order valence-electron chi connectivity index (χ3n) is 15.5. The lowest BCUT2D eigenvalue weighted by Gasteiger charge is -2.46. The molecule has 16 nitrogen and oxygen atoms in total. The molecule has 2 heterocycles. The molecule has 0 aliphatic carbocycles. The van der Waals surface area contributed by atoms with Gasteiger partial charge in [-0.3, -0.25) is 0 Å². The van der Waals surface area contributed by atoms with Crippen molar-refractivity contribution in [2.24, 2.45) is 47.3 Å². The fourth-order valence-corrected chi connectivity index (χ4v) is 10.6. The molecule has 2 fully saturated rings. The Morgan fingerprint density at radius 2 is 1.38 bits per heavy atom. The van der Waals surface area contributed by atoms with Crippen LogP contribution in [0.15, 0.2) is 71.4 Å². The number of allylic oxidation sites excluding steroid dienone is 7. The van der Waals surface area contributed by atoms with E-state index in [0.717, 1.165) is 17.2 Å². The molecule has 2 aliphatic rings. The minimum Gasteiger partial charge on any atom is -0.478 e. The molecule has 0 aromatic heterocycles. The smallest absolute Gasteiger partial charge is 0.338 e. The van der Waals surface area contributed by atoms with Crippen molar-refractivity contribution in [1.29, 1.82) is 0 Å². The van der Waals surface area contributed by atoms with Gasteiger partial charge in [0.15, 0.2) is 12.2 Å². The normalized spacial score (nSPS) is 28.1. The first-order valence-electron chi connectivity index (χ1n) is 26.0. The maximum Gasteiger partial charge on any atom is 0.338 e. The van der Waals surface area contributed by atoms with Crippen LogP contribution in [0.3, 0.4) is 0 Å². The van der Waals surface area contributed by atoms with Gasteiger partial charge in [-0.2, -0.15) is 0 Å². The van der Waals surface area contributed by atoms with Crippen LogP contribution in [0.4, 0.5) is 0 Å². The van der Waals surface area contributed by atoms with E-state index in [4.69, 9.17) is 28.8 Å². The number of rotatable bonds is 31. The van der Waals surface area contributed by atoms with Crippen LogP contribution in [-0.4, -0.2) is 147 Å². The Labute approximate surface area is 435 Å². The Kier molecular flexibility index (Phi) is 28.0. The zero-order valence-corrected chi connectivity index (χ0v) is 46.1. The number of ether oxygens (including phenoxy) is 5. The van der Waals surface area contributed by atoms with Crippen LogP contribution in [0.5, 0.6) is 0 Å². The summed E-state index contributed by atoms with van der Waals surface area (Å²) < 4.78 is 28.7. The number of ketones is 1. The number of aliphatic hydroxyl groups is 6. The number of aliphatic carboxylic acids is 1. The minimum absolute atomic E-state index is 0.0365. The summed E-state index contributed by atoms with van der Waals surface area (Å²) in [6.07, 6.45) is 9.24. The number of cyclic esters (lactones) is 2. The van der Waals surface area contributed by atoms with Gasteiger partial charge in [-0.25, -0.2) is 14.4 Å². The molecule has 0 spiro atoms. The number of Topliss-reactive ketones (excluding diaryl/α,β-unsaturated/α-hetero) is 1. The monoisotopic (exact) mass is 1030 g/mol. The maximum absolute atomic E-state index is 13.2. The van der Waals surface area contributed by atoms with Crippen molar-refractivity contribution in [3.8, 4) is 0 Å². The Morgan fingerprint density at radius 1 is 0.767 bits per heavy atom. The second kappa shape index (κ2) is 31.3.